The Labute approximate surface area is 194 Å². The number of pyridine rings is 1. The van der Waals surface area contributed by atoms with E-state index in [0.29, 0.717) is 10.2 Å². The van der Waals surface area contributed by atoms with Crippen molar-refractivity contribution < 1.29 is 23.6 Å². The number of urea groups is 1. The highest BCUT2D eigenvalue weighted by Gasteiger charge is 2.14. The standard InChI is InChI=1S/C21H15FN6O5S/c1-23-19(29)17-10-13(6-7-24-17)33-12-3-5-15(14(22)9-12)25-20(30)27-21-26-16-4-2-11(28(31)32)8-18(16)34-21/h2-10H,1H3,(H,23,29)(H2,25,26,27,30). The fourth-order valence-electron chi connectivity index (χ4n) is 2.85. The summed E-state index contributed by atoms with van der Waals surface area (Å²) in [4.78, 5) is 42.4. The number of benzene rings is 2. The van der Waals surface area contributed by atoms with Crippen molar-refractivity contribution in [1.82, 2.24) is 15.3 Å². The van der Waals surface area contributed by atoms with Crippen molar-refractivity contribution in [1.29, 1.82) is 0 Å². The average molecular weight is 482 g/mol. The number of non-ortho nitro benzene ring substituents is 1. The SMILES string of the molecule is CNC(=O)c1cc(Oc2ccc(NC(=O)Nc3nc4ccc([N+](=O)[O-])cc4s3)c(F)c2)ccn1. The summed E-state index contributed by atoms with van der Waals surface area (Å²) < 4.78 is 20.6. The summed E-state index contributed by atoms with van der Waals surface area (Å²) in [6.45, 7) is 0. The van der Waals surface area contributed by atoms with Crippen molar-refractivity contribution >= 4 is 50.0 Å². The number of nitro benzene ring substituents is 1. The molecule has 172 valence electrons. The van der Waals surface area contributed by atoms with E-state index in [0.717, 1.165) is 17.4 Å². The van der Waals surface area contributed by atoms with Crippen LogP contribution >= 0.6 is 11.3 Å². The Hall–Kier alpha value is -4.65. The molecule has 34 heavy (non-hydrogen) atoms. The van der Waals surface area contributed by atoms with Crippen LogP contribution in [-0.2, 0) is 0 Å². The molecule has 0 fully saturated rings. The minimum absolute atomic E-state index is 0.0897. The molecule has 3 amide bonds. The Morgan fingerprint density at radius 3 is 2.62 bits per heavy atom. The van der Waals surface area contributed by atoms with Crippen LogP contribution in [0.4, 0.5) is 25.7 Å². The number of rotatable bonds is 6. The number of carbonyl (C=O) groups excluding carboxylic acids is 2. The lowest BCUT2D eigenvalue weighted by molar-refractivity contribution is -0.384. The van der Waals surface area contributed by atoms with Crippen molar-refractivity contribution in [3.8, 4) is 11.5 Å². The third-order valence-corrected chi connectivity index (χ3v) is 5.35. The summed E-state index contributed by atoms with van der Waals surface area (Å²) in [7, 11) is 1.47. The van der Waals surface area contributed by atoms with Crippen LogP contribution in [0.1, 0.15) is 10.5 Å². The number of ether oxygens (including phenoxy) is 1. The summed E-state index contributed by atoms with van der Waals surface area (Å²) in [5.74, 6) is -0.727. The van der Waals surface area contributed by atoms with Crippen LogP contribution < -0.4 is 20.7 Å². The normalized spacial score (nSPS) is 10.5. The first-order valence-electron chi connectivity index (χ1n) is 9.61. The number of fused-ring (bicyclic) bond motifs is 1. The predicted molar refractivity (Wildman–Crippen MR) is 123 cm³/mol. The predicted octanol–water partition coefficient (Wildman–Crippen LogP) is 4.53. The second-order valence-corrected chi connectivity index (χ2v) is 7.74. The number of anilines is 2. The molecule has 13 heteroatoms. The minimum atomic E-state index is -0.756. The summed E-state index contributed by atoms with van der Waals surface area (Å²) in [5, 5.41) is 18.4. The monoisotopic (exact) mass is 482 g/mol. The molecule has 3 N–H and O–H groups in total. The molecule has 0 bridgehead atoms. The number of nitro groups is 1. The molecule has 0 saturated carbocycles. The van der Waals surface area contributed by atoms with Gasteiger partial charge >= 0.3 is 6.03 Å². The molecule has 0 atom stereocenters. The van der Waals surface area contributed by atoms with Crippen molar-refractivity contribution in [2.75, 3.05) is 17.7 Å². The van der Waals surface area contributed by atoms with E-state index < -0.39 is 22.7 Å². The number of nitrogens with one attached hydrogen (secondary N) is 3. The Balaban J connectivity index is 1.42. The molecule has 2 aromatic carbocycles. The molecule has 4 rings (SSSR count). The largest absolute Gasteiger partial charge is 0.457 e. The second-order valence-electron chi connectivity index (χ2n) is 6.71. The number of carbonyl (C=O) groups is 2. The summed E-state index contributed by atoms with van der Waals surface area (Å²) in [5.41, 5.74) is 0.421. The first kappa shape index (κ1) is 22.5. The average Bonchev–Trinajstić information content (AvgIpc) is 3.21. The van der Waals surface area contributed by atoms with Crippen molar-refractivity contribution in [2.24, 2.45) is 0 Å². The smallest absolute Gasteiger partial charge is 0.325 e. The number of hydrogen-bond acceptors (Lipinski definition) is 8. The van der Waals surface area contributed by atoms with E-state index in [2.05, 4.69) is 25.9 Å². The molecular formula is C21H15FN6O5S. The van der Waals surface area contributed by atoms with Gasteiger partial charge in [0, 0.05) is 37.5 Å². The number of hydrogen-bond donors (Lipinski definition) is 3. The van der Waals surface area contributed by atoms with Crippen LogP contribution in [0.3, 0.4) is 0 Å². The van der Waals surface area contributed by atoms with Gasteiger partial charge < -0.3 is 15.4 Å². The zero-order valence-electron chi connectivity index (χ0n) is 17.4. The lowest BCUT2D eigenvalue weighted by atomic mass is 10.2. The number of thiazole rings is 1. The third kappa shape index (κ3) is 5.05. The van der Waals surface area contributed by atoms with Gasteiger partial charge in [-0.1, -0.05) is 11.3 Å². The van der Waals surface area contributed by atoms with Crippen molar-refractivity contribution in [2.45, 2.75) is 0 Å². The fraction of sp³-hybridized carbons (Fsp3) is 0.0476. The lowest BCUT2D eigenvalue weighted by Gasteiger charge is -2.10. The molecule has 4 aromatic rings. The van der Waals surface area contributed by atoms with E-state index in [9.17, 15) is 24.1 Å². The fourth-order valence-corrected chi connectivity index (χ4v) is 3.75. The summed E-state index contributed by atoms with van der Waals surface area (Å²) >= 11 is 1.05. The summed E-state index contributed by atoms with van der Waals surface area (Å²) in [6.07, 6.45) is 1.39. The molecule has 0 radical (unpaired) electrons. The van der Waals surface area contributed by atoms with Gasteiger partial charge in [-0.2, -0.15) is 0 Å². The van der Waals surface area contributed by atoms with Gasteiger partial charge in [0.25, 0.3) is 11.6 Å². The van der Waals surface area contributed by atoms with Crippen molar-refractivity contribution in [3.05, 3.63) is 76.4 Å². The molecule has 0 saturated heterocycles. The van der Waals surface area contributed by atoms with E-state index in [4.69, 9.17) is 4.74 Å². The quantitative estimate of drug-likeness (QED) is 0.270. The highest BCUT2D eigenvalue weighted by molar-refractivity contribution is 7.22. The van der Waals surface area contributed by atoms with Gasteiger partial charge in [0.15, 0.2) is 5.13 Å². The van der Waals surface area contributed by atoms with Gasteiger partial charge in [-0.3, -0.25) is 25.2 Å². The van der Waals surface area contributed by atoms with E-state index in [1.807, 2.05) is 0 Å². The van der Waals surface area contributed by atoms with Crippen LogP contribution in [0.2, 0.25) is 0 Å². The molecule has 2 heterocycles. The number of aromatic nitrogens is 2. The zero-order valence-corrected chi connectivity index (χ0v) is 18.2. The van der Waals surface area contributed by atoms with Gasteiger partial charge in [-0.05, 0) is 24.3 Å². The minimum Gasteiger partial charge on any atom is -0.457 e. The Kier molecular flexibility index (Phi) is 6.27. The van der Waals surface area contributed by atoms with Crippen LogP contribution in [0, 0.1) is 15.9 Å². The molecule has 0 unspecified atom stereocenters. The molecule has 2 aromatic heterocycles. The van der Waals surface area contributed by atoms with E-state index in [1.165, 1.54) is 55.7 Å². The lowest BCUT2D eigenvalue weighted by Crippen LogP contribution is -2.20. The van der Waals surface area contributed by atoms with Crippen LogP contribution in [0.15, 0.2) is 54.7 Å². The van der Waals surface area contributed by atoms with Gasteiger partial charge in [0.2, 0.25) is 0 Å². The Morgan fingerprint density at radius 2 is 1.88 bits per heavy atom. The number of halogens is 1. The van der Waals surface area contributed by atoms with Gasteiger partial charge in [0.05, 0.1) is 20.8 Å². The summed E-state index contributed by atoms with van der Waals surface area (Å²) in [6, 6.07) is 10.1. The Bertz CT molecular complexity index is 1430. The maximum atomic E-state index is 14.5. The molecule has 0 aliphatic heterocycles. The Morgan fingerprint density at radius 1 is 1.09 bits per heavy atom. The molecular weight excluding hydrogens is 467 g/mol. The molecule has 11 nitrogen and oxygen atoms in total. The molecule has 0 aliphatic carbocycles. The van der Waals surface area contributed by atoms with E-state index in [1.54, 1.807) is 0 Å². The van der Waals surface area contributed by atoms with E-state index >= 15 is 0 Å². The van der Waals surface area contributed by atoms with Crippen LogP contribution in [0.25, 0.3) is 10.2 Å². The highest BCUT2D eigenvalue weighted by Crippen LogP contribution is 2.30. The number of nitrogens with zero attached hydrogens (tertiary/aromatic N) is 3. The highest BCUT2D eigenvalue weighted by atomic mass is 32.1. The van der Waals surface area contributed by atoms with Gasteiger partial charge in [-0.15, -0.1) is 0 Å². The van der Waals surface area contributed by atoms with Crippen LogP contribution in [0.5, 0.6) is 11.5 Å². The maximum Gasteiger partial charge on any atom is 0.325 e. The van der Waals surface area contributed by atoms with Crippen LogP contribution in [-0.4, -0.2) is 33.9 Å². The first-order valence-corrected chi connectivity index (χ1v) is 10.4. The molecule has 0 aliphatic rings. The third-order valence-electron chi connectivity index (χ3n) is 4.42. The topological polar surface area (TPSA) is 148 Å². The zero-order chi connectivity index (χ0) is 24.2. The van der Waals surface area contributed by atoms with Gasteiger partial charge in [-0.25, -0.2) is 14.2 Å². The van der Waals surface area contributed by atoms with Gasteiger partial charge in [0.1, 0.15) is 23.0 Å². The second kappa shape index (κ2) is 9.46. The van der Waals surface area contributed by atoms with E-state index in [-0.39, 0.29) is 33.7 Å². The van der Waals surface area contributed by atoms with Crippen molar-refractivity contribution in [3.63, 3.8) is 0 Å². The molecule has 0 spiro atoms. The number of amides is 3. The first-order chi connectivity index (χ1) is 16.3. The maximum absolute atomic E-state index is 14.5.